The molecule has 3 N–H and O–H groups in total. The lowest BCUT2D eigenvalue weighted by molar-refractivity contribution is -0.133. The minimum atomic E-state index is -1.28. The highest BCUT2D eigenvalue weighted by atomic mass is 16.4. The minimum Gasteiger partial charge on any atom is -0.512 e. The molecular weight excluding hydrogens is 136 g/mol. The van der Waals surface area contributed by atoms with Crippen molar-refractivity contribution in [1.82, 2.24) is 0 Å². The van der Waals surface area contributed by atoms with E-state index in [9.17, 15) is 4.79 Å². The Morgan fingerprint density at radius 3 is 2.00 bits per heavy atom. The first-order valence-electron chi connectivity index (χ1n) is 2.88. The molecule has 10 heavy (non-hydrogen) atoms. The predicted octanol–water partition coefficient (Wildman–Crippen LogP) is 0.285. The van der Waals surface area contributed by atoms with Crippen LogP contribution in [0.25, 0.3) is 0 Å². The van der Waals surface area contributed by atoms with E-state index in [1.54, 1.807) is 6.92 Å². The molecule has 0 aromatic heterocycles. The molecule has 0 aromatic rings. The van der Waals surface area contributed by atoms with Gasteiger partial charge in [0.1, 0.15) is 5.76 Å². The predicted molar refractivity (Wildman–Crippen MR) is 34.7 cm³/mol. The van der Waals surface area contributed by atoms with E-state index < -0.39 is 12.6 Å². The van der Waals surface area contributed by atoms with Crippen LogP contribution in [-0.2, 0) is 4.79 Å². The lowest BCUT2D eigenvalue weighted by Crippen LogP contribution is -2.08. The van der Waals surface area contributed by atoms with Crippen molar-refractivity contribution < 1.29 is 20.1 Å². The molecule has 0 heterocycles. The van der Waals surface area contributed by atoms with Crippen LogP contribution in [0.15, 0.2) is 11.3 Å². The van der Waals surface area contributed by atoms with Crippen molar-refractivity contribution in [1.29, 1.82) is 0 Å². The Morgan fingerprint density at radius 2 is 1.90 bits per heavy atom. The molecule has 0 unspecified atom stereocenters. The van der Waals surface area contributed by atoms with Gasteiger partial charge in [0.05, 0.1) is 12.2 Å². The Hall–Kier alpha value is -1.03. The summed E-state index contributed by atoms with van der Waals surface area (Å²) in [6.45, 7) is 0.975. The number of carbonyl (C=O) groups is 1. The van der Waals surface area contributed by atoms with Crippen molar-refractivity contribution in [3.8, 4) is 0 Å². The van der Waals surface area contributed by atoms with Gasteiger partial charge in [0, 0.05) is 6.42 Å². The molecule has 58 valence electrons. The number of hydrogen-bond donors (Lipinski definition) is 3. The number of aliphatic hydroxyl groups is 2. The molecule has 0 rings (SSSR count). The molecule has 0 spiro atoms. The van der Waals surface area contributed by atoms with E-state index in [2.05, 4.69) is 0 Å². The van der Waals surface area contributed by atoms with Crippen molar-refractivity contribution in [2.75, 3.05) is 6.61 Å². The number of rotatable bonds is 3. The Balaban J connectivity index is 4.45. The van der Waals surface area contributed by atoms with Crippen LogP contribution in [0.1, 0.15) is 13.3 Å². The fraction of sp³-hybridized carbons (Fsp3) is 0.500. The van der Waals surface area contributed by atoms with Gasteiger partial charge in [-0.25, -0.2) is 4.79 Å². The lowest BCUT2D eigenvalue weighted by Gasteiger charge is -1.99. The summed E-state index contributed by atoms with van der Waals surface area (Å²) < 4.78 is 0. The maximum Gasteiger partial charge on any atom is 0.337 e. The van der Waals surface area contributed by atoms with Crippen LogP contribution in [0.5, 0.6) is 0 Å². The van der Waals surface area contributed by atoms with Gasteiger partial charge < -0.3 is 15.3 Å². The first-order chi connectivity index (χ1) is 4.63. The fourth-order valence-corrected chi connectivity index (χ4v) is 0.496. The molecule has 0 radical (unpaired) electrons. The van der Waals surface area contributed by atoms with Gasteiger partial charge in [-0.15, -0.1) is 0 Å². The molecule has 0 aromatic carbocycles. The number of aliphatic carboxylic acids is 1. The first-order valence-corrected chi connectivity index (χ1v) is 2.88. The van der Waals surface area contributed by atoms with Gasteiger partial charge in [0.25, 0.3) is 0 Å². The van der Waals surface area contributed by atoms with Gasteiger partial charge >= 0.3 is 5.97 Å². The van der Waals surface area contributed by atoms with Crippen LogP contribution < -0.4 is 0 Å². The normalized spacial score (nSPS) is 12.6. The summed E-state index contributed by atoms with van der Waals surface area (Å²) in [7, 11) is 0. The number of allylic oxidation sites excluding steroid dienone is 1. The Kier molecular flexibility index (Phi) is 3.49. The third kappa shape index (κ3) is 2.06. The molecule has 0 saturated heterocycles. The second-order valence-corrected chi connectivity index (χ2v) is 1.74. The molecule has 0 fully saturated rings. The van der Waals surface area contributed by atoms with Crippen molar-refractivity contribution in [2.24, 2.45) is 0 Å². The Bertz CT molecular complexity index is 159. The van der Waals surface area contributed by atoms with Crippen LogP contribution in [-0.4, -0.2) is 27.9 Å². The summed E-state index contributed by atoms with van der Waals surface area (Å²) >= 11 is 0. The van der Waals surface area contributed by atoms with Crippen LogP contribution in [0.2, 0.25) is 0 Å². The largest absolute Gasteiger partial charge is 0.512 e. The van der Waals surface area contributed by atoms with Crippen LogP contribution in [0.3, 0.4) is 0 Å². The smallest absolute Gasteiger partial charge is 0.337 e. The van der Waals surface area contributed by atoms with Crippen molar-refractivity contribution in [3.05, 3.63) is 11.3 Å². The molecule has 0 bridgehead atoms. The summed E-state index contributed by atoms with van der Waals surface area (Å²) in [6.07, 6.45) is 0.224. The zero-order valence-electron chi connectivity index (χ0n) is 5.66. The number of hydrogen-bond acceptors (Lipinski definition) is 3. The zero-order chi connectivity index (χ0) is 8.15. The number of carboxylic acid groups (broad SMARTS) is 1. The van der Waals surface area contributed by atoms with E-state index in [1.807, 2.05) is 0 Å². The SMILES string of the molecule is CCC(O)=C(CO)C(=O)O. The van der Waals surface area contributed by atoms with Crippen LogP contribution in [0, 0.1) is 0 Å². The summed E-state index contributed by atoms with van der Waals surface area (Å²) in [5.74, 6) is -1.54. The van der Waals surface area contributed by atoms with Crippen LogP contribution >= 0.6 is 0 Å². The Labute approximate surface area is 58.4 Å². The van der Waals surface area contributed by atoms with Gasteiger partial charge in [-0.2, -0.15) is 0 Å². The highest BCUT2D eigenvalue weighted by molar-refractivity contribution is 5.87. The van der Waals surface area contributed by atoms with Crippen LogP contribution in [0.4, 0.5) is 0 Å². The van der Waals surface area contributed by atoms with Gasteiger partial charge in [0.2, 0.25) is 0 Å². The quantitative estimate of drug-likeness (QED) is 0.395. The van der Waals surface area contributed by atoms with Gasteiger partial charge in [-0.05, 0) is 0 Å². The second-order valence-electron chi connectivity index (χ2n) is 1.74. The Morgan fingerprint density at radius 1 is 1.40 bits per heavy atom. The van der Waals surface area contributed by atoms with E-state index >= 15 is 0 Å². The molecule has 0 aliphatic carbocycles. The third-order valence-electron chi connectivity index (χ3n) is 1.10. The maximum atomic E-state index is 10.2. The standard InChI is InChI=1S/C6H10O4/c1-2-5(8)4(3-7)6(9)10/h7-8H,2-3H2,1H3,(H,9,10). The second kappa shape index (κ2) is 3.90. The molecule has 0 saturated carbocycles. The van der Waals surface area contributed by atoms with Gasteiger partial charge in [-0.1, -0.05) is 6.92 Å². The van der Waals surface area contributed by atoms with E-state index in [1.165, 1.54) is 0 Å². The highest BCUT2D eigenvalue weighted by Gasteiger charge is 2.10. The van der Waals surface area contributed by atoms with Gasteiger partial charge in [-0.3, -0.25) is 0 Å². The molecule has 4 heteroatoms. The first kappa shape index (κ1) is 8.97. The molecule has 4 nitrogen and oxygen atoms in total. The van der Waals surface area contributed by atoms with E-state index in [0.29, 0.717) is 0 Å². The third-order valence-corrected chi connectivity index (χ3v) is 1.10. The topological polar surface area (TPSA) is 77.8 Å². The summed E-state index contributed by atoms with van der Waals surface area (Å²) in [6, 6.07) is 0. The van der Waals surface area contributed by atoms with E-state index in [-0.39, 0.29) is 17.8 Å². The average molecular weight is 146 g/mol. The highest BCUT2D eigenvalue weighted by Crippen LogP contribution is 2.03. The van der Waals surface area contributed by atoms with E-state index in [0.717, 1.165) is 0 Å². The summed E-state index contributed by atoms with van der Waals surface area (Å²) in [5, 5.41) is 25.5. The fourth-order valence-electron chi connectivity index (χ4n) is 0.496. The van der Waals surface area contributed by atoms with Crippen molar-refractivity contribution in [2.45, 2.75) is 13.3 Å². The number of aliphatic hydroxyl groups excluding tert-OH is 2. The molecular formula is C6H10O4. The average Bonchev–Trinajstić information content (AvgIpc) is 1.88. The minimum absolute atomic E-state index is 0.224. The molecule has 0 atom stereocenters. The van der Waals surface area contributed by atoms with Gasteiger partial charge in [0.15, 0.2) is 0 Å². The number of carboxylic acids is 1. The van der Waals surface area contributed by atoms with E-state index in [4.69, 9.17) is 15.3 Å². The maximum absolute atomic E-state index is 10.2. The van der Waals surface area contributed by atoms with Crippen molar-refractivity contribution >= 4 is 5.97 Å². The zero-order valence-corrected chi connectivity index (χ0v) is 5.66. The molecule has 0 amide bonds. The monoisotopic (exact) mass is 146 g/mol. The summed E-state index contributed by atoms with van der Waals surface area (Å²) in [5.41, 5.74) is -0.331. The summed E-state index contributed by atoms with van der Waals surface area (Å²) in [4.78, 5) is 10.2. The molecule has 0 aliphatic rings. The molecule has 0 aliphatic heterocycles. The van der Waals surface area contributed by atoms with Crippen molar-refractivity contribution in [3.63, 3.8) is 0 Å². The lowest BCUT2D eigenvalue weighted by atomic mass is 10.2.